The maximum absolute atomic E-state index is 10.4. The monoisotopic (exact) mass is 206 g/mol. The van der Waals surface area contributed by atoms with E-state index in [1.807, 2.05) is 32.0 Å². The Bertz CT molecular complexity index is 380. The van der Waals surface area contributed by atoms with Crippen LogP contribution in [0, 0.1) is 6.92 Å². The van der Waals surface area contributed by atoms with Crippen molar-refractivity contribution < 1.29 is 14.6 Å². The average molecular weight is 206 g/mol. The molecule has 1 rings (SSSR count). The zero-order valence-corrected chi connectivity index (χ0v) is 8.86. The van der Waals surface area contributed by atoms with Gasteiger partial charge >= 0.3 is 5.97 Å². The zero-order valence-electron chi connectivity index (χ0n) is 8.86. The maximum Gasteiger partial charge on any atom is 0.328 e. The predicted octanol–water partition coefficient (Wildman–Crippen LogP) is 2.49. The maximum atomic E-state index is 10.4. The molecule has 0 amide bonds. The first-order valence-electron chi connectivity index (χ1n) is 4.78. The molecule has 1 N–H and O–H groups in total. The Hall–Kier alpha value is -1.77. The molecule has 1 aromatic carbocycles. The topological polar surface area (TPSA) is 46.5 Å². The van der Waals surface area contributed by atoms with Gasteiger partial charge in [-0.3, -0.25) is 0 Å². The summed E-state index contributed by atoms with van der Waals surface area (Å²) in [7, 11) is 0. The molecular formula is C12H14O3. The molecule has 3 heteroatoms. The SMILES string of the molecule is CCOc1c(C)cccc1/C=C/C(=O)O. The Balaban J connectivity index is 3.05. The van der Waals surface area contributed by atoms with Gasteiger partial charge in [0.1, 0.15) is 5.75 Å². The van der Waals surface area contributed by atoms with Crippen molar-refractivity contribution in [2.45, 2.75) is 13.8 Å². The Morgan fingerprint density at radius 1 is 1.53 bits per heavy atom. The van der Waals surface area contributed by atoms with Crippen molar-refractivity contribution in [1.82, 2.24) is 0 Å². The van der Waals surface area contributed by atoms with E-state index in [4.69, 9.17) is 9.84 Å². The Morgan fingerprint density at radius 2 is 2.27 bits per heavy atom. The summed E-state index contributed by atoms with van der Waals surface area (Å²) in [6.45, 7) is 4.40. The molecule has 0 aliphatic carbocycles. The van der Waals surface area contributed by atoms with Gasteiger partial charge in [0.2, 0.25) is 0 Å². The molecule has 0 bridgehead atoms. The third-order valence-electron chi connectivity index (χ3n) is 1.94. The molecule has 1 aromatic rings. The molecule has 0 aromatic heterocycles. The second-order valence-electron chi connectivity index (χ2n) is 3.10. The van der Waals surface area contributed by atoms with Crippen LogP contribution in [0.2, 0.25) is 0 Å². The van der Waals surface area contributed by atoms with Gasteiger partial charge in [0.25, 0.3) is 0 Å². The van der Waals surface area contributed by atoms with Gasteiger partial charge in [0, 0.05) is 11.6 Å². The van der Waals surface area contributed by atoms with E-state index in [0.29, 0.717) is 6.61 Å². The minimum atomic E-state index is -0.959. The second kappa shape index (κ2) is 5.20. The van der Waals surface area contributed by atoms with E-state index in [9.17, 15) is 4.79 Å². The van der Waals surface area contributed by atoms with Gasteiger partial charge in [-0.05, 0) is 25.5 Å². The van der Waals surface area contributed by atoms with E-state index in [2.05, 4.69) is 0 Å². The highest BCUT2D eigenvalue weighted by molar-refractivity contribution is 5.86. The first-order chi connectivity index (χ1) is 7.15. The number of carboxylic acids is 1. The lowest BCUT2D eigenvalue weighted by Crippen LogP contribution is -1.96. The quantitative estimate of drug-likeness (QED) is 0.770. The summed E-state index contributed by atoms with van der Waals surface area (Å²) in [6.07, 6.45) is 2.65. The molecule has 15 heavy (non-hydrogen) atoms. The van der Waals surface area contributed by atoms with Gasteiger partial charge in [-0.2, -0.15) is 0 Å². The van der Waals surface area contributed by atoms with Gasteiger partial charge < -0.3 is 9.84 Å². The van der Waals surface area contributed by atoms with Gasteiger partial charge in [0.15, 0.2) is 0 Å². The van der Waals surface area contributed by atoms with Crippen molar-refractivity contribution in [2.24, 2.45) is 0 Å². The number of rotatable bonds is 4. The highest BCUT2D eigenvalue weighted by atomic mass is 16.5. The number of para-hydroxylation sites is 1. The van der Waals surface area contributed by atoms with E-state index in [1.54, 1.807) is 6.08 Å². The Morgan fingerprint density at radius 3 is 2.87 bits per heavy atom. The number of aryl methyl sites for hydroxylation is 1. The third kappa shape index (κ3) is 3.13. The molecule has 3 nitrogen and oxygen atoms in total. The van der Waals surface area contributed by atoms with E-state index < -0.39 is 5.97 Å². The molecule has 0 fully saturated rings. The molecule has 0 heterocycles. The smallest absolute Gasteiger partial charge is 0.328 e. The van der Waals surface area contributed by atoms with Gasteiger partial charge in [-0.15, -0.1) is 0 Å². The molecule has 0 radical (unpaired) electrons. The highest BCUT2D eigenvalue weighted by Crippen LogP contribution is 2.24. The van der Waals surface area contributed by atoms with E-state index in [1.165, 1.54) is 0 Å². The van der Waals surface area contributed by atoms with Gasteiger partial charge in [-0.25, -0.2) is 4.79 Å². The summed E-state index contributed by atoms with van der Waals surface area (Å²) >= 11 is 0. The van der Waals surface area contributed by atoms with Crippen molar-refractivity contribution >= 4 is 12.0 Å². The van der Waals surface area contributed by atoms with E-state index in [-0.39, 0.29) is 0 Å². The van der Waals surface area contributed by atoms with Gasteiger partial charge in [-0.1, -0.05) is 18.2 Å². The largest absolute Gasteiger partial charge is 0.493 e. The first kappa shape index (κ1) is 11.3. The minimum absolute atomic E-state index is 0.568. The molecule has 0 saturated carbocycles. The summed E-state index contributed by atoms with van der Waals surface area (Å²) in [5.41, 5.74) is 1.80. The van der Waals surface area contributed by atoms with Crippen molar-refractivity contribution in [1.29, 1.82) is 0 Å². The van der Waals surface area contributed by atoms with Crippen molar-refractivity contribution in [3.8, 4) is 5.75 Å². The van der Waals surface area contributed by atoms with Crippen LogP contribution in [-0.2, 0) is 4.79 Å². The highest BCUT2D eigenvalue weighted by Gasteiger charge is 2.03. The Kier molecular flexibility index (Phi) is 3.92. The first-order valence-corrected chi connectivity index (χ1v) is 4.78. The molecular weight excluding hydrogens is 192 g/mol. The number of benzene rings is 1. The van der Waals surface area contributed by atoms with E-state index >= 15 is 0 Å². The summed E-state index contributed by atoms with van der Waals surface area (Å²) < 4.78 is 5.46. The van der Waals surface area contributed by atoms with Crippen LogP contribution in [0.5, 0.6) is 5.75 Å². The number of carbonyl (C=O) groups is 1. The number of ether oxygens (including phenoxy) is 1. The van der Waals surface area contributed by atoms with Crippen LogP contribution in [0.15, 0.2) is 24.3 Å². The number of carboxylic acid groups (broad SMARTS) is 1. The van der Waals surface area contributed by atoms with Gasteiger partial charge in [0.05, 0.1) is 6.61 Å². The Labute approximate surface area is 89.0 Å². The fourth-order valence-electron chi connectivity index (χ4n) is 1.31. The fraction of sp³-hybridized carbons (Fsp3) is 0.250. The van der Waals surface area contributed by atoms with Crippen LogP contribution in [0.1, 0.15) is 18.1 Å². The number of aliphatic carboxylic acids is 1. The van der Waals surface area contributed by atoms with Crippen LogP contribution in [0.25, 0.3) is 6.08 Å². The van der Waals surface area contributed by atoms with Crippen LogP contribution in [-0.4, -0.2) is 17.7 Å². The van der Waals surface area contributed by atoms with E-state index in [0.717, 1.165) is 23.0 Å². The number of hydrogen-bond donors (Lipinski definition) is 1. The van der Waals surface area contributed by atoms with Crippen molar-refractivity contribution in [3.05, 3.63) is 35.4 Å². The van der Waals surface area contributed by atoms with Crippen LogP contribution in [0.4, 0.5) is 0 Å². The molecule has 0 aliphatic heterocycles. The minimum Gasteiger partial charge on any atom is -0.493 e. The lowest BCUT2D eigenvalue weighted by atomic mass is 10.1. The van der Waals surface area contributed by atoms with Crippen molar-refractivity contribution in [2.75, 3.05) is 6.61 Å². The normalized spacial score (nSPS) is 10.5. The third-order valence-corrected chi connectivity index (χ3v) is 1.94. The molecule has 0 unspecified atom stereocenters. The average Bonchev–Trinajstić information content (AvgIpc) is 2.19. The lowest BCUT2D eigenvalue weighted by molar-refractivity contribution is -0.131. The summed E-state index contributed by atoms with van der Waals surface area (Å²) in [6, 6.07) is 5.64. The number of hydrogen-bond acceptors (Lipinski definition) is 2. The van der Waals surface area contributed by atoms with Crippen LogP contribution in [0.3, 0.4) is 0 Å². The second-order valence-corrected chi connectivity index (χ2v) is 3.10. The molecule has 0 aliphatic rings. The molecule has 0 saturated heterocycles. The standard InChI is InChI=1S/C12H14O3/c1-3-15-12-9(2)5-4-6-10(12)7-8-11(13)14/h4-8H,3H2,1-2H3,(H,13,14)/b8-7+. The van der Waals surface area contributed by atoms with Crippen LogP contribution < -0.4 is 4.74 Å². The summed E-state index contributed by atoms with van der Waals surface area (Å²) in [5.74, 6) is -0.212. The lowest BCUT2D eigenvalue weighted by Gasteiger charge is -2.09. The molecule has 0 atom stereocenters. The summed E-state index contributed by atoms with van der Waals surface area (Å²) in [4.78, 5) is 10.4. The zero-order chi connectivity index (χ0) is 11.3. The fourth-order valence-corrected chi connectivity index (χ4v) is 1.31. The summed E-state index contributed by atoms with van der Waals surface area (Å²) in [5, 5.41) is 8.54. The van der Waals surface area contributed by atoms with Crippen LogP contribution >= 0.6 is 0 Å². The molecule has 0 spiro atoms. The predicted molar refractivity (Wildman–Crippen MR) is 59.0 cm³/mol. The molecule has 80 valence electrons. The van der Waals surface area contributed by atoms with Crippen molar-refractivity contribution in [3.63, 3.8) is 0 Å².